The monoisotopic (exact) mass is 450 g/mol. The molecule has 5 nitrogen and oxygen atoms in total. The summed E-state index contributed by atoms with van der Waals surface area (Å²) in [5.41, 5.74) is 2.56. The highest BCUT2D eigenvalue weighted by Crippen LogP contribution is 2.30. The van der Waals surface area contributed by atoms with Gasteiger partial charge in [0, 0.05) is 10.7 Å². The number of hydrogen-bond acceptors (Lipinski definition) is 4. The van der Waals surface area contributed by atoms with Crippen LogP contribution in [0.2, 0.25) is 5.02 Å². The Morgan fingerprint density at radius 2 is 1.91 bits per heavy atom. The van der Waals surface area contributed by atoms with Crippen molar-refractivity contribution >= 4 is 29.3 Å². The van der Waals surface area contributed by atoms with Gasteiger partial charge in [-0.15, -0.1) is 0 Å². The van der Waals surface area contributed by atoms with Gasteiger partial charge in [-0.3, -0.25) is 4.79 Å². The third kappa shape index (κ3) is 5.65. The van der Waals surface area contributed by atoms with E-state index in [1.165, 1.54) is 25.3 Å². The second kappa shape index (κ2) is 10.5. The van der Waals surface area contributed by atoms with Gasteiger partial charge in [-0.2, -0.15) is 5.26 Å². The fourth-order valence-electron chi connectivity index (χ4n) is 2.88. The van der Waals surface area contributed by atoms with Crippen molar-refractivity contribution in [3.8, 4) is 17.6 Å². The van der Waals surface area contributed by atoms with Gasteiger partial charge >= 0.3 is 0 Å². The third-order valence-electron chi connectivity index (χ3n) is 4.69. The fourth-order valence-corrected chi connectivity index (χ4v) is 3.06. The van der Waals surface area contributed by atoms with Crippen LogP contribution in [0.4, 0.5) is 10.1 Å². The lowest BCUT2D eigenvalue weighted by molar-refractivity contribution is -0.112. The standard InChI is InChI=1S/C25H20ClFN2O3/c1-16-21(26)4-3-5-22(16)29-25(30)19(14-28)12-18-8-11-23(24(13-18)31-2)32-15-17-6-9-20(27)10-7-17/h3-13H,15H2,1-2H3,(H,29,30)/b19-12+. The van der Waals surface area contributed by atoms with E-state index in [4.69, 9.17) is 21.1 Å². The van der Waals surface area contributed by atoms with E-state index in [2.05, 4.69) is 5.32 Å². The van der Waals surface area contributed by atoms with Crippen molar-refractivity contribution in [2.24, 2.45) is 0 Å². The van der Waals surface area contributed by atoms with Crippen LogP contribution in [0.1, 0.15) is 16.7 Å². The molecule has 0 radical (unpaired) electrons. The molecule has 0 aliphatic carbocycles. The summed E-state index contributed by atoms with van der Waals surface area (Å²) in [4.78, 5) is 12.6. The summed E-state index contributed by atoms with van der Waals surface area (Å²) in [6, 6.07) is 18.1. The second-order valence-electron chi connectivity index (χ2n) is 6.86. The molecule has 3 aromatic carbocycles. The fraction of sp³-hybridized carbons (Fsp3) is 0.120. The Balaban J connectivity index is 1.77. The Kier molecular flexibility index (Phi) is 7.48. The van der Waals surface area contributed by atoms with Gasteiger partial charge in [0.15, 0.2) is 11.5 Å². The van der Waals surface area contributed by atoms with Crippen LogP contribution in [-0.4, -0.2) is 13.0 Å². The molecule has 0 unspecified atom stereocenters. The third-order valence-corrected chi connectivity index (χ3v) is 5.10. The number of halogens is 2. The minimum absolute atomic E-state index is 0.0774. The average molecular weight is 451 g/mol. The van der Waals surface area contributed by atoms with Crippen molar-refractivity contribution in [1.29, 1.82) is 5.26 Å². The Bertz CT molecular complexity index is 1200. The first-order valence-electron chi connectivity index (χ1n) is 9.65. The number of benzene rings is 3. The zero-order valence-electron chi connectivity index (χ0n) is 17.5. The molecule has 3 aromatic rings. The van der Waals surface area contributed by atoms with Gasteiger partial charge in [-0.05, 0) is 66.1 Å². The van der Waals surface area contributed by atoms with Crippen LogP contribution in [0.25, 0.3) is 6.08 Å². The van der Waals surface area contributed by atoms with Gasteiger partial charge < -0.3 is 14.8 Å². The molecule has 0 saturated carbocycles. The number of anilines is 1. The maximum atomic E-state index is 13.0. The summed E-state index contributed by atoms with van der Waals surface area (Å²) in [5, 5.41) is 12.7. The van der Waals surface area contributed by atoms with E-state index in [0.29, 0.717) is 33.3 Å². The molecule has 32 heavy (non-hydrogen) atoms. The summed E-state index contributed by atoms with van der Waals surface area (Å²) in [6.45, 7) is 2.01. The molecule has 1 N–H and O–H groups in total. The van der Waals surface area contributed by atoms with E-state index in [0.717, 1.165) is 5.56 Å². The molecule has 0 atom stereocenters. The Morgan fingerprint density at radius 3 is 2.59 bits per heavy atom. The molecule has 0 saturated heterocycles. The Morgan fingerprint density at radius 1 is 1.16 bits per heavy atom. The average Bonchev–Trinajstić information content (AvgIpc) is 2.80. The Hall–Kier alpha value is -3.82. The van der Waals surface area contributed by atoms with Gasteiger partial charge in [-0.1, -0.05) is 35.9 Å². The van der Waals surface area contributed by atoms with Crippen LogP contribution in [0.3, 0.4) is 0 Å². The van der Waals surface area contributed by atoms with Crippen LogP contribution < -0.4 is 14.8 Å². The number of amides is 1. The number of nitrogens with zero attached hydrogens (tertiary/aromatic N) is 1. The zero-order chi connectivity index (χ0) is 23.1. The number of ether oxygens (including phenoxy) is 2. The van der Waals surface area contributed by atoms with Gasteiger partial charge in [0.1, 0.15) is 24.1 Å². The molecule has 0 fully saturated rings. The first-order chi connectivity index (χ1) is 15.4. The topological polar surface area (TPSA) is 71.3 Å². The summed E-state index contributed by atoms with van der Waals surface area (Å²) >= 11 is 6.09. The van der Waals surface area contributed by atoms with E-state index >= 15 is 0 Å². The largest absolute Gasteiger partial charge is 0.493 e. The molecule has 162 valence electrons. The van der Waals surface area contributed by atoms with Crippen LogP contribution in [0, 0.1) is 24.1 Å². The lowest BCUT2D eigenvalue weighted by atomic mass is 10.1. The highest BCUT2D eigenvalue weighted by Gasteiger charge is 2.13. The smallest absolute Gasteiger partial charge is 0.266 e. The molecule has 7 heteroatoms. The molecule has 0 bridgehead atoms. The van der Waals surface area contributed by atoms with Gasteiger partial charge in [0.2, 0.25) is 0 Å². The van der Waals surface area contributed by atoms with E-state index in [1.54, 1.807) is 55.5 Å². The second-order valence-corrected chi connectivity index (χ2v) is 7.27. The van der Waals surface area contributed by atoms with Crippen molar-refractivity contribution in [1.82, 2.24) is 0 Å². The lowest BCUT2D eigenvalue weighted by Gasteiger charge is -2.12. The van der Waals surface area contributed by atoms with Gasteiger partial charge in [-0.25, -0.2) is 4.39 Å². The first-order valence-corrected chi connectivity index (χ1v) is 10.0. The van der Waals surface area contributed by atoms with Crippen molar-refractivity contribution in [2.75, 3.05) is 12.4 Å². The SMILES string of the molecule is COc1cc(/C=C(\C#N)C(=O)Nc2cccc(Cl)c2C)ccc1OCc1ccc(F)cc1. The number of nitriles is 1. The summed E-state index contributed by atoms with van der Waals surface area (Å²) in [7, 11) is 1.49. The number of hydrogen-bond donors (Lipinski definition) is 1. The van der Waals surface area contributed by atoms with Crippen molar-refractivity contribution < 1.29 is 18.7 Å². The zero-order valence-corrected chi connectivity index (χ0v) is 18.2. The minimum Gasteiger partial charge on any atom is -0.493 e. The number of methoxy groups -OCH3 is 1. The summed E-state index contributed by atoms with van der Waals surface area (Å²) < 4.78 is 24.2. The van der Waals surface area contributed by atoms with E-state index in [9.17, 15) is 14.4 Å². The van der Waals surface area contributed by atoms with Crippen LogP contribution in [0.15, 0.2) is 66.2 Å². The number of carbonyl (C=O) groups is 1. The van der Waals surface area contributed by atoms with Crippen molar-refractivity contribution in [3.05, 3.63) is 93.8 Å². The van der Waals surface area contributed by atoms with E-state index < -0.39 is 5.91 Å². The van der Waals surface area contributed by atoms with Gasteiger partial charge in [0.05, 0.1) is 7.11 Å². The van der Waals surface area contributed by atoms with E-state index in [-0.39, 0.29) is 18.0 Å². The number of nitrogens with one attached hydrogen (secondary N) is 1. The molecule has 0 aliphatic rings. The lowest BCUT2D eigenvalue weighted by Crippen LogP contribution is -2.14. The predicted molar refractivity (Wildman–Crippen MR) is 122 cm³/mol. The molecular weight excluding hydrogens is 431 g/mol. The number of carbonyl (C=O) groups excluding carboxylic acids is 1. The highest BCUT2D eigenvalue weighted by atomic mass is 35.5. The maximum Gasteiger partial charge on any atom is 0.266 e. The molecule has 0 aromatic heterocycles. The molecule has 0 aliphatic heterocycles. The van der Waals surface area contributed by atoms with Crippen LogP contribution >= 0.6 is 11.6 Å². The summed E-state index contributed by atoms with van der Waals surface area (Å²) in [6.07, 6.45) is 1.46. The highest BCUT2D eigenvalue weighted by molar-refractivity contribution is 6.31. The van der Waals surface area contributed by atoms with E-state index in [1.807, 2.05) is 6.07 Å². The maximum absolute atomic E-state index is 13.0. The van der Waals surface area contributed by atoms with Crippen LogP contribution in [-0.2, 0) is 11.4 Å². The summed E-state index contributed by atoms with van der Waals surface area (Å²) in [5.74, 6) is 0.0505. The number of rotatable bonds is 7. The normalized spacial score (nSPS) is 10.9. The predicted octanol–water partition coefficient (Wildman–Crippen LogP) is 5.92. The van der Waals surface area contributed by atoms with Crippen molar-refractivity contribution in [3.63, 3.8) is 0 Å². The van der Waals surface area contributed by atoms with Gasteiger partial charge in [0.25, 0.3) is 5.91 Å². The molecular formula is C25H20ClFN2O3. The molecule has 0 heterocycles. The molecule has 3 rings (SSSR count). The minimum atomic E-state index is -0.548. The molecule has 1 amide bonds. The first kappa shape index (κ1) is 22.9. The van der Waals surface area contributed by atoms with Crippen molar-refractivity contribution in [2.45, 2.75) is 13.5 Å². The Labute approximate surface area is 190 Å². The molecule has 0 spiro atoms. The quantitative estimate of drug-likeness (QED) is 0.358. The van der Waals surface area contributed by atoms with Crippen LogP contribution in [0.5, 0.6) is 11.5 Å².